The Bertz CT molecular complexity index is 500. The van der Waals surface area contributed by atoms with Crippen molar-refractivity contribution in [2.75, 3.05) is 0 Å². The van der Waals surface area contributed by atoms with E-state index < -0.39 is 5.97 Å². The predicted octanol–water partition coefficient (Wildman–Crippen LogP) is 2.92. The molecule has 1 aliphatic carbocycles. The van der Waals surface area contributed by atoms with Gasteiger partial charge in [-0.3, -0.25) is 9.59 Å². The summed E-state index contributed by atoms with van der Waals surface area (Å²) >= 11 is 3.39. The first-order chi connectivity index (χ1) is 9.47. The van der Waals surface area contributed by atoms with E-state index in [1.807, 2.05) is 31.2 Å². The lowest BCUT2D eigenvalue weighted by atomic mass is 10.1. The average molecular weight is 340 g/mol. The van der Waals surface area contributed by atoms with E-state index in [4.69, 9.17) is 5.11 Å². The topological polar surface area (TPSA) is 66.4 Å². The lowest BCUT2D eigenvalue weighted by Gasteiger charge is -2.12. The molecular weight excluding hydrogens is 322 g/mol. The Morgan fingerprint density at radius 1 is 1.40 bits per heavy atom. The number of halogens is 1. The van der Waals surface area contributed by atoms with E-state index in [0.717, 1.165) is 10.9 Å². The van der Waals surface area contributed by atoms with Crippen LogP contribution in [0.3, 0.4) is 0 Å². The molecule has 0 heterocycles. The maximum atomic E-state index is 12.0. The average Bonchev–Trinajstić information content (AvgIpc) is 3.17. The number of hydrogen-bond donors (Lipinski definition) is 2. The maximum Gasteiger partial charge on any atom is 0.303 e. The van der Waals surface area contributed by atoms with Gasteiger partial charge in [0.1, 0.15) is 0 Å². The van der Waals surface area contributed by atoms with E-state index in [1.54, 1.807) is 0 Å². The van der Waals surface area contributed by atoms with Crippen molar-refractivity contribution in [2.24, 2.45) is 5.92 Å². The van der Waals surface area contributed by atoms with Crippen LogP contribution in [0.4, 0.5) is 0 Å². The van der Waals surface area contributed by atoms with Gasteiger partial charge >= 0.3 is 5.97 Å². The molecule has 3 unspecified atom stereocenters. The molecule has 0 saturated heterocycles. The minimum atomic E-state index is -0.828. The molecule has 0 bridgehead atoms. The molecule has 4 nitrogen and oxygen atoms in total. The van der Waals surface area contributed by atoms with Crippen LogP contribution < -0.4 is 5.32 Å². The molecule has 108 valence electrons. The number of rotatable bonds is 6. The van der Waals surface area contributed by atoms with Crippen molar-refractivity contribution in [3.05, 3.63) is 34.3 Å². The minimum absolute atomic E-state index is 0.0310. The number of amides is 1. The number of hydrogen-bond acceptors (Lipinski definition) is 2. The lowest BCUT2D eigenvalue weighted by Crippen LogP contribution is -2.34. The molecule has 0 aliphatic heterocycles. The number of carboxylic acid groups (broad SMARTS) is 1. The second-order valence-corrected chi connectivity index (χ2v) is 6.26. The van der Waals surface area contributed by atoms with Crippen LogP contribution in [0.5, 0.6) is 0 Å². The van der Waals surface area contributed by atoms with Gasteiger partial charge in [0.15, 0.2) is 0 Å². The Labute approximate surface area is 126 Å². The Kier molecular flexibility index (Phi) is 4.81. The van der Waals surface area contributed by atoms with Crippen LogP contribution >= 0.6 is 15.9 Å². The lowest BCUT2D eigenvalue weighted by molar-refractivity contribution is -0.137. The summed E-state index contributed by atoms with van der Waals surface area (Å²) in [6.07, 6.45) is 1.43. The van der Waals surface area contributed by atoms with E-state index in [-0.39, 0.29) is 24.3 Å². The molecule has 2 rings (SSSR count). The van der Waals surface area contributed by atoms with Gasteiger partial charge in [-0.15, -0.1) is 0 Å². The zero-order valence-corrected chi connectivity index (χ0v) is 12.9. The highest BCUT2D eigenvalue weighted by Crippen LogP contribution is 2.47. The number of carbonyl (C=O) groups is 2. The molecule has 1 saturated carbocycles. The maximum absolute atomic E-state index is 12.0. The van der Waals surface area contributed by atoms with Crippen LogP contribution in [0.15, 0.2) is 28.7 Å². The molecule has 0 aromatic heterocycles. The van der Waals surface area contributed by atoms with Gasteiger partial charge in [0, 0.05) is 22.9 Å². The summed E-state index contributed by atoms with van der Waals surface area (Å²) in [7, 11) is 0. The van der Waals surface area contributed by atoms with Crippen LogP contribution in [0.1, 0.15) is 37.7 Å². The number of nitrogens with one attached hydrogen (secondary N) is 1. The van der Waals surface area contributed by atoms with Crippen molar-refractivity contribution < 1.29 is 14.7 Å². The minimum Gasteiger partial charge on any atom is -0.481 e. The summed E-state index contributed by atoms with van der Waals surface area (Å²) in [6, 6.07) is 7.95. The van der Waals surface area contributed by atoms with Gasteiger partial charge in [-0.05, 0) is 43.4 Å². The summed E-state index contributed by atoms with van der Waals surface area (Å²) < 4.78 is 1.03. The summed E-state index contributed by atoms with van der Waals surface area (Å²) in [5, 5.41) is 11.5. The molecule has 0 spiro atoms. The van der Waals surface area contributed by atoms with Crippen LogP contribution in [-0.4, -0.2) is 23.0 Å². The van der Waals surface area contributed by atoms with Crippen molar-refractivity contribution >= 4 is 27.8 Å². The van der Waals surface area contributed by atoms with Crippen LogP contribution in [-0.2, 0) is 9.59 Å². The zero-order chi connectivity index (χ0) is 14.7. The van der Waals surface area contributed by atoms with E-state index in [9.17, 15) is 9.59 Å². The van der Waals surface area contributed by atoms with Crippen molar-refractivity contribution in [2.45, 2.75) is 38.1 Å². The number of aliphatic carboxylic acids is 1. The van der Waals surface area contributed by atoms with Gasteiger partial charge in [0.2, 0.25) is 5.91 Å². The Morgan fingerprint density at radius 3 is 2.65 bits per heavy atom. The molecule has 20 heavy (non-hydrogen) atoms. The molecule has 2 N–H and O–H groups in total. The molecule has 1 aromatic rings. The number of carbonyl (C=O) groups excluding carboxylic acids is 1. The van der Waals surface area contributed by atoms with Gasteiger partial charge in [0.25, 0.3) is 0 Å². The first kappa shape index (κ1) is 15.0. The zero-order valence-electron chi connectivity index (χ0n) is 11.3. The molecule has 1 amide bonds. The van der Waals surface area contributed by atoms with E-state index >= 15 is 0 Å². The Balaban J connectivity index is 1.81. The SMILES string of the molecule is CC(CCC(=O)O)NC(=O)C1CC1c1ccc(Br)cc1. The van der Waals surface area contributed by atoms with Gasteiger partial charge in [-0.2, -0.15) is 0 Å². The second-order valence-electron chi connectivity index (χ2n) is 5.34. The quantitative estimate of drug-likeness (QED) is 0.837. The third kappa shape index (κ3) is 4.07. The standard InChI is InChI=1S/C15H18BrNO3/c1-9(2-7-14(18)19)17-15(20)13-8-12(13)10-3-5-11(16)6-4-10/h3-6,9,12-13H,2,7-8H2,1H3,(H,17,20)(H,18,19). The smallest absolute Gasteiger partial charge is 0.303 e. The monoisotopic (exact) mass is 339 g/mol. The van der Waals surface area contributed by atoms with Gasteiger partial charge in [-0.1, -0.05) is 28.1 Å². The largest absolute Gasteiger partial charge is 0.481 e. The normalized spacial score (nSPS) is 22.1. The summed E-state index contributed by atoms with van der Waals surface area (Å²) in [6.45, 7) is 1.85. The fourth-order valence-electron chi connectivity index (χ4n) is 2.33. The summed E-state index contributed by atoms with van der Waals surface area (Å²) in [5.41, 5.74) is 1.19. The van der Waals surface area contributed by atoms with E-state index in [0.29, 0.717) is 12.3 Å². The fourth-order valence-corrected chi connectivity index (χ4v) is 2.59. The molecule has 1 aromatic carbocycles. The van der Waals surface area contributed by atoms with Crippen molar-refractivity contribution in [1.29, 1.82) is 0 Å². The van der Waals surface area contributed by atoms with Crippen LogP contribution in [0.2, 0.25) is 0 Å². The highest BCUT2D eigenvalue weighted by molar-refractivity contribution is 9.10. The third-order valence-corrected chi connectivity index (χ3v) is 4.13. The number of benzene rings is 1. The predicted molar refractivity (Wildman–Crippen MR) is 79.5 cm³/mol. The number of carboxylic acids is 1. The highest BCUT2D eigenvalue weighted by atomic mass is 79.9. The molecule has 0 radical (unpaired) electrons. The Morgan fingerprint density at radius 2 is 2.05 bits per heavy atom. The molecular formula is C15H18BrNO3. The highest BCUT2D eigenvalue weighted by Gasteiger charge is 2.44. The van der Waals surface area contributed by atoms with Gasteiger partial charge < -0.3 is 10.4 Å². The van der Waals surface area contributed by atoms with Gasteiger partial charge in [-0.25, -0.2) is 0 Å². The summed E-state index contributed by atoms with van der Waals surface area (Å²) in [4.78, 5) is 22.5. The third-order valence-electron chi connectivity index (χ3n) is 3.61. The van der Waals surface area contributed by atoms with Gasteiger partial charge in [0.05, 0.1) is 0 Å². The fraction of sp³-hybridized carbons (Fsp3) is 0.467. The van der Waals surface area contributed by atoms with Crippen LogP contribution in [0.25, 0.3) is 0 Å². The summed E-state index contributed by atoms with van der Waals surface area (Å²) in [5.74, 6) is -0.459. The molecule has 3 atom stereocenters. The first-order valence-electron chi connectivity index (χ1n) is 6.75. The first-order valence-corrected chi connectivity index (χ1v) is 7.54. The molecule has 5 heteroatoms. The molecule has 1 fully saturated rings. The van der Waals surface area contributed by atoms with Crippen molar-refractivity contribution in [3.8, 4) is 0 Å². The van der Waals surface area contributed by atoms with Crippen molar-refractivity contribution in [3.63, 3.8) is 0 Å². The van der Waals surface area contributed by atoms with E-state index in [2.05, 4.69) is 21.2 Å². The van der Waals surface area contributed by atoms with E-state index in [1.165, 1.54) is 5.56 Å². The Hall–Kier alpha value is -1.36. The second kappa shape index (κ2) is 6.39. The molecule has 1 aliphatic rings. The van der Waals surface area contributed by atoms with Crippen molar-refractivity contribution in [1.82, 2.24) is 5.32 Å². The van der Waals surface area contributed by atoms with Crippen LogP contribution in [0, 0.1) is 5.92 Å².